The first-order chi connectivity index (χ1) is 15.0. The smallest absolute Gasteiger partial charge is 0.243 e. The molecule has 2 aromatic rings. The van der Waals surface area contributed by atoms with Gasteiger partial charge < -0.3 is 15.0 Å². The number of hydrogen-bond donors (Lipinski definition) is 1. The number of carbonyl (C=O) groups excluding carboxylic acids is 2. The van der Waals surface area contributed by atoms with Crippen molar-refractivity contribution in [1.82, 2.24) is 10.2 Å². The number of rotatable bonds is 9. The van der Waals surface area contributed by atoms with Crippen LogP contribution in [0, 0.1) is 6.92 Å². The number of amides is 2. The minimum Gasteiger partial charge on any atom is -0.497 e. The van der Waals surface area contributed by atoms with Crippen LogP contribution in [0.3, 0.4) is 0 Å². The fourth-order valence-electron chi connectivity index (χ4n) is 4.24. The minimum atomic E-state index is -0.496. The van der Waals surface area contributed by atoms with Crippen LogP contribution in [0.5, 0.6) is 5.75 Å². The fourth-order valence-corrected chi connectivity index (χ4v) is 4.24. The molecule has 1 fully saturated rings. The lowest BCUT2D eigenvalue weighted by atomic mass is 10.1. The molecule has 0 aromatic heterocycles. The van der Waals surface area contributed by atoms with Crippen molar-refractivity contribution in [3.63, 3.8) is 0 Å². The van der Waals surface area contributed by atoms with Gasteiger partial charge >= 0.3 is 0 Å². The lowest BCUT2D eigenvalue weighted by Crippen LogP contribution is -2.51. The number of methoxy groups -OCH3 is 1. The maximum atomic E-state index is 13.4. The number of nitrogens with zero attached hydrogens (tertiary/aromatic N) is 1. The Balaban J connectivity index is 1.82. The van der Waals surface area contributed by atoms with Gasteiger partial charge in [-0.25, -0.2) is 0 Å². The number of ether oxygens (including phenoxy) is 1. The maximum absolute atomic E-state index is 13.4. The van der Waals surface area contributed by atoms with E-state index in [1.54, 1.807) is 12.0 Å². The standard InChI is InChI=1S/C26H34N2O3/c1-4-24(26(30)27-22-9-5-6-10-22)28(18-21-8-7-11-23(16-21)31-3)25(29)17-20-14-12-19(2)13-15-20/h7-8,11-16,22,24H,4-6,9-10,17-18H2,1-3H3,(H,27,30). The van der Waals surface area contributed by atoms with Gasteiger partial charge in [0.05, 0.1) is 13.5 Å². The first-order valence-electron chi connectivity index (χ1n) is 11.3. The van der Waals surface area contributed by atoms with Gasteiger partial charge in [0.2, 0.25) is 11.8 Å². The van der Waals surface area contributed by atoms with Crippen LogP contribution in [0.4, 0.5) is 0 Å². The van der Waals surface area contributed by atoms with Gasteiger partial charge in [-0.1, -0.05) is 61.7 Å². The number of hydrogen-bond acceptors (Lipinski definition) is 3. The number of benzene rings is 2. The van der Waals surface area contributed by atoms with Crippen LogP contribution in [0.25, 0.3) is 0 Å². The lowest BCUT2D eigenvalue weighted by molar-refractivity contribution is -0.141. The first-order valence-corrected chi connectivity index (χ1v) is 11.3. The summed E-state index contributed by atoms with van der Waals surface area (Å²) in [5.41, 5.74) is 3.06. The van der Waals surface area contributed by atoms with E-state index in [0.29, 0.717) is 13.0 Å². The Kier molecular flexibility index (Phi) is 8.10. The predicted octanol–water partition coefficient (Wildman–Crippen LogP) is 4.41. The van der Waals surface area contributed by atoms with Gasteiger partial charge in [0.15, 0.2) is 0 Å². The van der Waals surface area contributed by atoms with E-state index in [2.05, 4.69) is 5.32 Å². The zero-order valence-corrected chi connectivity index (χ0v) is 18.9. The Morgan fingerprint density at radius 1 is 1.10 bits per heavy atom. The molecule has 0 saturated heterocycles. The van der Waals surface area contributed by atoms with Crippen molar-refractivity contribution in [2.24, 2.45) is 0 Å². The molecular formula is C26H34N2O3. The van der Waals surface area contributed by atoms with Crippen molar-refractivity contribution in [3.05, 3.63) is 65.2 Å². The monoisotopic (exact) mass is 422 g/mol. The van der Waals surface area contributed by atoms with E-state index in [0.717, 1.165) is 48.1 Å². The molecule has 1 N–H and O–H groups in total. The zero-order chi connectivity index (χ0) is 22.2. The molecule has 2 amide bonds. The van der Waals surface area contributed by atoms with Crippen molar-refractivity contribution in [1.29, 1.82) is 0 Å². The van der Waals surface area contributed by atoms with Crippen molar-refractivity contribution in [2.75, 3.05) is 7.11 Å². The third-order valence-corrected chi connectivity index (χ3v) is 6.05. The lowest BCUT2D eigenvalue weighted by Gasteiger charge is -2.31. The Bertz CT molecular complexity index is 872. The first kappa shape index (κ1) is 22.9. The molecule has 5 heteroatoms. The van der Waals surface area contributed by atoms with Gasteiger partial charge in [-0.2, -0.15) is 0 Å². The highest BCUT2D eigenvalue weighted by Crippen LogP contribution is 2.21. The van der Waals surface area contributed by atoms with Crippen molar-refractivity contribution in [2.45, 2.75) is 71.0 Å². The van der Waals surface area contributed by atoms with E-state index < -0.39 is 6.04 Å². The van der Waals surface area contributed by atoms with Crippen LogP contribution in [-0.2, 0) is 22.6 Å². The van der Waals surface area contributed by atoms with E-state index >= 15 is 0 Å². The SMILES string of the molecule is CCC(C(=O)NC1CCCC1)N(Cc1cccc(OC)c1)C(=O)Cc1ccc(C)cc1. The number of carbonyl (C=O) groups is 2. The minimum absolute atomic E-state index is 0.0416. The van der Waals surface area contributed by atoms with Crippen LogP contribution >= 0.6 is 0 Å². The van der Waals surface area contributed by atoms with Crippen molar-refractivity contribution >= 4 is 11.8 Å². The van der Waals surface area contributed by atoms with Gasteiger partial charge in [0.1, 0.15) is 11.8 Å². The quantitative estimate of drug-likeness (QED) is 0.651. The van der Waals surface area contributed by atoms with Crippen LogP contribution in [-0.4, -0.2) is 35.9 Å². The molecule has 31 heavy (non-hydrogen) atoms. The summed E-state index contributed by atoms with van der Waals surface area (Å²) in [4.78, 5) is 28.3. The molecule has 3 rings (SSSR count). The fraction of sp³-hybridized carbons (Fsp3) is 0.462. The summed E-state index contributed by atoms with van der Waals surface area (Å²) in [6.07, 6.45) is 5.20. The summed E-state index contributed by atoms with van der Waals surface area (Å²) in [6, 6.07) is 15.4. The summed E-state index contributed by atoms with van der Waals surface area (Å²) in [5, 5.41) is 3.19. The largest absolute Gasteiger partial charge is 0.497 e. The van der Waals surface area contributed by atoms with E-state index in [-0.39, 0.29) is 24.3 Å². The van der Waals surface area contributed by atoms with Crippen LogP contribution in [0.15, 0.2) is 48.5 Å². The third-order valence-electron chi connectivity index (χ3n) is 6.05. The molecular weight excluding hydrogens is 388 g/mol. The molecule has 0 bridgehead atoms. The number of aryl methyl sites for hydroxylation is 1. The van der Waals surface area contributed by atoms with E-state index in [1.165, 1.54) is 0 Å². The molecule has 166 valence electrons. The molecule has 1 atom stereocenters. The number of nitrogens with one attached hydrogen (secondary N) is 1. The molecule has 1 aliphatic carbocycles. The van der Waals surface area contributed by atoms with Gasteiger partial charge in [-0.15, -0.1) is 0 Å². The van der Waals surface area contributed by atoms with Crippen molar-refractivity contribution in [3.8, 4) is 5.75 Å². The Morgan fingerprint density at radius 2 is 1.81 bits per heavy atom. The van der Waals surface area contributed by atoms with Crippen molar-refractivity contribution < 1.29 is 14.3 Å². The molecule has 2 aromatic carbocycles. The highest BCUT2D eigenvalue weighted by molar-refractivity contribution is 5.88. The van der Waals surface area contributed by atoms with Gasteiger partial charge in [-0.05, 0) is 49.4 Å². The summed E-state index contributed by atoms with van der Waals surface area (Å²) >= 11 is 0. The normalized spacial score (nSPS) is 14.8. The summed E-state index contributed by atoms with van der Waals surface area (Å²) in [7, 11) is 1.63. The second-order valence-corrected chi connectivity index (χ2v) is 8.45. The third kappa shape index (κ3) is 6.33. The Morgan fingerprint density at radius 3 is 2.45 bits per heavy atom. The van der Waals surface area contributed by atoms with Gasteiger partial charge in [0.25, 0.3) is 0 Å². The highest BCUT2D eigenvalue weighted by Gasteiger charge is 2.30. The molecule has 1 aliphatic rings. The highest BCUT2D eigenvalue weighted by atomic mass is 16.5. The maximum Gasteiger partial charge on any atom is 0.243 e. The molecule has 0 heterocycles. The van der Waals surface area contributed by atoms with E-state index in [1.807, 2.05) is 62.4 Å². The van der Waals surface area contributed by atoms with Crippen LogP contribution < -0.4 is 10.1 Å². The van der Waals surface area contributed by atoms with Crippen LogP contribution in [0.1, 0.15) is 55.7 Å². The average Bonchev–Trinajstić information content (AvgIpc) is 3.28. The van der Waals surface area contributed by atoms with Crippen LogP contribution in [0.2, 0.25) is 0 Å². The second-order valence-electron chi connectivity index (χ2n) is 8.45. The zero-order valence-electron chi connectivity index (χ0n) is 18.9. The Labute approximate surface area is 185 Å². The van der Waals surface area contributed by atoms with E-state index in [9.17, 15) is 9.59 Å². The van der Waals surface area contributed by atoms with E-state index in [4.69, 9.17) is 4.74 Å². The predicted molar refractivity (Wildman–Crippen MR) is 123 cm³/mol. The molecule has 0 spiro atoms. The Hall–Kier alpha value is -2.82. The topological polar surface area (TPSA) is 58.6 Å². The average molecular weight is 423 g/mol. The summed E-state index contributed by atoms with van der Waals surface area (Å²) < 4.78 is 5.34. The molecule has 0 aliphatic heterocycles. The summed E-state index contributed by atoms with van der Waals surface area (Å²) in [6.45, 7) is 4.37. The molecule has 5 nitrogen and oxygen atoms in total. The molecule has 0 radical (unpaired) electrons. The molecule has 1 unspecified atom stereocenters. The molecule has 1 saturated carbocycles. The second kappa shape index (κ2) is 11.0. The van der Waals surface area contributed by atoms with Gasteiger partial charge in [0, 0.05) is 12.6 Å². The van der Waals surface area contributed by atoms with Gasteiger partial charge in [-0.3, -0.25) is 9.59 Å². The summed E-state index contributed by atoms with van der Waals surface area (Å²) in [5.74, 6) is 0.654.